The lowest BCUT2D eigenvalue weighted by molar-refractivity contribution is -0.141. The molecule has 0 amide bonds. The van der Waals surface area contributed by atoms with Gasteiger partial charge in [0.15, 0.2) is 0 Å². The van der Waals surface area contributed by atoms with Gasteiger partial charge in [-0.2, -0.15) is 0 Å². The van der Waals surface area contributed by atoms with Crippen LogP contribution in [-0.2, 0) is 14.3 Å². The van der Waals surface area contributed by atoms with Crippen LogP contribution in [-0.4, -0.2) is 25.1 Å². The van der Waals surface area contributed by atoms with Crippen molar-refractivity contribution in [3.8, 4) is 0 Å². The van der Waals surface area contributed by atoms with E-state index in [-0.39, 0.29) is 5.97 Å². The van der Waals surface area contributed by atoms with E-state index in [1.807, 2.05) is 0 Å². The molecule has 0 heterocycles. The highest BCUT2D eigenvalue weighted by molar-refractivity contribution is 5.74. The van der Waals surface area contributed by atoms with Crippen molar-refractivity contribution in [3.05, 3.63) is 29.5 Å². The number of allylic oxidation sites excluding steroid dienone is 4. The Morgan fingerprint density at radius 2 is 2.19 bits per heavy atom. The lowest BCUT2D eigenvalue weighted by Gasteiger charge is -1.99. The lowest BCUT2D eigenvalue weighted by atomic mass is 10.1. The molecule has 0 aromatic rings. The molecule has 0 radical (unpaired) electrons. The average Bonchev–Trinajstić information content (AvgIpc) is 2.29. The van der Waals surface area contributed by atoms with Gasteiger partial charge in [-0.3, -0.25) is 4.79 Å². The Morgan fingerprint density at radius 1 is 1.56 bits per heavy atom. The van der Waals surface area contributed by atoms with E-state index in [4.69, 9.17) is 11.5 Å². The third-order valence-electron chi connectivity index (χ3n) is 1.74. The van der Waals surface area contributed by atoms with Crippen LogP contribution in [0.2, 0.25) is 0 Å². The largest absolute Gasteiger partial charge is 0.468 e. The van der Waals surface area contributed by atoms with Crippen molar-refractivity contribution >= 4 is 11.9 Å². The van der Waals surface area contributed by atoms with Crippen molar-refractivity contribution in [2.75, 3.05) is 7.11 Å². The minimum Gasteiger partial charge on any atom is -0.468 e. The summed E-state index contributed by atoms with van der Waals surface area (Å²) < 4.78 is 4.25. The molecule has 0 aromatic carbocycles. The lowest BCUT2D eigenvalue weighted by Crippen LogP contribution is -2.27. The zero-order chi connectivity index (χ0) is 12.6. The number of nitrogens with two attached hydrogens (primary N) is 2. The number of hydrogen-bond donors (Lipinski definition) is 2. The van der Waals surface area contributed by atoms with E-state index in [1.54, 1.807) is 31.1 Å². The predicted octanol–water partition coefficient (Wildman–Crippen LogP) is 0.0535. The van der Waals surface area contributed by atoms with Gasteiger partial charge in [0.2, 0.25) is 0 Å². The maximum Gasteiger partial charge on any atom is 0.322 e. The van der Waals surface area contributed by atoms with Gasteiger partial charge in [0.25, 0.3) is 0 Å². The molecule has 16 heavy (non-hydrogen) atoms. The Morgan fingerprint density at radius 3 is 2.44 bits per heavy atom. The number of rotatable bonds is 1. The molecule has 1 aliphatic rings. The van der Waals surface area contributed by atoms with Gasteiger partial charge in [-0.05, 0) is 19.1 Å². The van der Waals surface area contributed by atoms with E-state index < -0.39 is 6.04 Å². The van der Waals surface area contributed by atoms with Gasteiger partial charge in [-0.1, -0.05) is 6.08 Å². The quantitative estimate of drug-likeness (QED) is 0.485. The molecular formula is C11H16N2O3. The molecule has 0 saturated heterocycles. The van der Waals surface area contributed by atoms with Crippen LogP contribution in [0.3, 0.4) is 0 Å². The first kappa shape index (κ1) is 14.2. The molecule has 88 valence electrons. The van der Waals surface area contributed by atoms with Crippen LogP contribution in [0.15, 0.2) is 29.5 Å². The van der Waals surface area contributed by atoms with E-state index in [0.717, 1.165) is 0 Å². The van der Waals surface area contributed by atoms with E-state index in [1.165, 1.54) is 7.11 Å². The highest BCUT2D eigenvalue weighted by Crippen LogP contribution is 2.08. The van der Waals surface area contributed by atoms with Crippen LogP contribution in [0, 0.1) is 0 Å². The van der Waals surface area contributed by atoms with Crippen LogP contribution in [0.25, 0.3) is 0 Å². The first-order valence-electron chi connectivity index (χ1n) is 4.72. The van der Waals surface area contributed by atoms with Gasteiger partial charge in [-0.15, -0.1) is 0 Å². The van der Waals surface area contributed by atoms with Crippen molar-refractivity contribution in [2.45, 2.75) is 19.4 Å². The van der Waals surface area contributed by atoms with E-state index in [9.17, 15) is 9.59 Å². The SMILES string of the molecule is COC(=O)C(C)N.NC1=CCC(=C=O)C=C1. The summed E-state index contributed by atoms with van der Waals surface area (Å²) in [6.07, 6.45) is 5.79. The second-order valence-corrected chi connectivity index (χ2v) is 3.18. The van der Waals surface area contributed by atoms with Crippen LogP contribution < -0.4 is 11.5 Å². The van der Waals surface area contributed by atoms with Gasteiger partial charge >= 0.3 is 5.97 Å². The monoisotopic (exact) mass is 224 g/mol. The second kappa shape index (κ2) is 7.45. The molecule has 1 unspecified atom stereocenters. The maximum absolute atomic E-state index is 10.2. The van der Waals surface area contributed by atoms with E-state index >= 15 is 0 Å². The Kier molecular flexibility index (Phi) is 6.59. The molecule has 4 N–H and O–H groups in total. The van der Waals surface area contributed by atoms with Gasteiger partial charge in [0.05, 0.1) is 7.11 Å². The molecule has 0 aromatic heterocycles. The molecule has 0 fully saturated rings. The molecule has 0 bridgehead atoms. The van der Waals surface area contributed by atoms with Crippen LogP contribution >= 0.6 is 0 Å². The first-order valence-corrected chi connectivity index (χ1v) is 4.72. The Bertz CT molecular complexity index is 350. The highest BCUT2D eigenvalue weighted by atomic mass is 16.5. The summed E-state index contributed by atoms with van der Waals surface area (Å²) in [5.41, 5.74) is 11.8. The third-order valence-corrected chi connectivity index (χ3v) is 1.74. The summed E-state index contributed by atoms with van der Waals surface area (Å²) in [5.74, 6) is 1.43. The van der Waals surface area contributed by atoms with Crippen molar-refractivity contribution in [3.63, 3.8) is 0 Å². The molecule has 1 aliphatic carbocycles. The highest BCUT2D eigenvalue weighted by Gasteiger charge is 2.03. The van der Waals surface area contributed by atoms with Crippen LogP contribution in [0.1, 0.15) is 13.3 Å². The number of hydrogen-bond acceptors (Lipinski definition) is 5. The van der Waals surface area contributed by atoms with E-state index in [0.29, 0.717) is 17.7 Å². The number of carbonyl (C=O) groups excluding carboxylic acids is 2. The first-order chi connectivity index (χ1) is 7.51. The third kappa shape index (κ3) is 5.80. The normalized spacial score (nSPS) is 15.2. The molecule has 0 saturated carbocycles. The number of methoxy groups -OCH3 is 1. The summed E-state index contributed by atoms with van der Waals surface area (Å²) >= 11 is 0. The van der Waals surface area contributed by atoms with Crippen molar-refractivity contribution in [1.82, 2.24) is 0 Å². The zero-order valence-electron chi connectivity index (χ0n) is 9.40. The predicted molar refractivity (Wildman–Crippen MR) is 60.9 cm³/mol. The molecule has 5 nitrogen and oxygen atoms in total. The number of ether oxygens (including phenoxy) is 1. The van der Waals surface area contributed by atoms with E-state index in [2.05, 4.69) is 4.74 Å². The number of esters is 1. The zero-order valence-corrected chi connectivity index (χ0v) is 9.40. The summed E-state index contributed by atoms with van der Waals surface area (Å²) in [6, 6.07) is -0.495. The van der Waals surface area contributed by atoms with Gasteiger partial charge in [-0.25, -0.2) is 4.79 Å². The number of carbonyl (C=O) groups is 1. The molecule has 5 heteroatoms. The molecule has 0 spiro atoms. The fraction of sp³-hybridized carbons (Fsp3) is 0.364. The minimum atomic E-state index is -0.495. The molecule has 0 aliphatic heterocycles. The molecule has 1 atom stereocenters. The molecule has 1 rings (SSSR count). The van der Waals surface area contributed by atoms with Crippen molar-refractivity contribution < 1.29 is 14.3 Å². The topological polar surface area (TPSA) is 95.4 Å². The average molecular weight is 224 g/mol. The molecular weight excluding hydrogens is 208 g/mol. The van der Waals surface area contributed by atoms with Crippen molar-refractivity contribution in [1.29, 1.82) is 0 Å². The Hall–Kier alpha value is -1.84. The van der Waals surface area contributed by atoms with Gasteiger partial charge in [0.1, 0.15) is 12.0 Å². The second-order valence-electron chi connectivity index (χ2n) is 3.18. The summed E-state index contributed by atoms with van der Waals surface area (Å²) in [6.45, 7) is 1.58. The summed E-state index contributed by atoms with van der Waals surface area (Å²) in [5, 5.41) is 0. The smallest absolute Gasteiger partial charge is 0.322 e. The maximum atomic E-state index is 10.2. The van der Waals surface area contributed by atoms with Gasteiger partial charge < -0.3 is 16.2 Å². The van der Waals surface area contributed by atoms with Crippen molar-refractivity contribution in [2.24, 2.45) is 11.5 Å². The minimum absolute atomic E-state index is 0.375. The van der Waals surface area contributed by atoms with Crippen LogP contribution in [0.5, 0.6) is 0 Å². The Labute approximate surface area is 94.4 Å². The fourth-order valence-corrected chi connectivity index (χ4v) is 0.822. The summed E-state index contributed by atoms with van der Waals surface area (Å²) in [4.78, 5) is 20.1. The standard InChI is InChI=1S/C7H7NO.C4H9NO2/c8-7-3-1-6(5-9)2-4-7;1-3(5)4(6)7-2/h1,3-4H,2,8H2;3H,5H2,1-2H3. The summed E-state index contributed by atoms with van der Waals surface area (Å²) in [7, 11) is 1.31. The van der Waals surface area contributed by atoms with Gasteiger partial charge in [0, 0.05) is 17.7 Å². The van der Waals surface area contributed by atoms with Crippen LogP contribution in [0.4, 0.5) is 0 Å². The fourth-order valence-electron chi connectivity index (χ4n) is 0.822. The Balaban J connectivity index is 0.000000293.